The first-order valence-electron chi connectivity index (χ1n) is 6.11. The van der Waals surface area contributed by atoms with E-state index in [1.54, 1.807) is 0 Å². The molecule has 0 saturated carbocycles. The number of hydrogen-bond donors (Lipinski definition) is 1. The van der Waals surface area contributed by atoms with Crippen molar-refractivity contribution in [2.24, 2.45) is 5.41 Å². The summed E-state index contributed by atoms with van der Waals surface area (Å²) in [4.78, 5) is 2.62. The number of piperidine rings is 1. The third-order valence-corrected chi connectivity index (χ3v) is 4.52. The van der Waals surface area contributed by atoms with E-state index in [4.69, 9.17) is 0 Å². The van der Waals surface area contributed by atoms with Gasteiger partial charge >= 0.3 is 0 Å². The van der Waals surface area contributed by atoms with Crippen molar-refractivity contribution < 1.29 is 0 Å². The van der Waals surface area contributed by atoms with E-state index in [2.05, 4.69) is 31.0 Å². The molecule has 2 aliphatic rings. The van der Waals surface area contributed by atoms with E-state index in [1.807, 2.05) is 0 Å². The van der Waals surface area contributed by atoms with Gasteiger partial charge in [0.05, 0.1) is 0 Å². The summed E-state index contributed by atoms with van der Waals surface area (Å²) in [5.74, 6) is 0. The van der Waals surface area contributed by atoms with E-state index in [-0.39, 0.29) is 0 Å². The van der Waals surface area contributed by atoms with Gasteiger partial charge < -0.3 is 10.2 Å². The third-order valence-electron chi connectivity index (χ3n) is 4.52. The summed E-state index contributed by atoms with van der Waals surface area (Å²) in [5.41, 5.74) is 0.644. The molecule has 1 atom stereocenters. The number of nitrogens with zero attached hydrogens (tertiary/aromatic N) is 1. The summed E-state index contributed by atoms with van der Waals surface area (Å²) < 4.78 is 0. The highest BCUT2D eigenvalue weighted by Crippen LogP contribution is 2.41. The lowest BCUT2D eigenvalue weighted by molar-refractivity contribution is 0.0766. The Morgan fingerprint density at radius 1 is 1.21 bits per heavy atom. The zero-order valence-electron chi connectivity index (χ0n) is 9.84. The van der Waals surface area contributed by atoms with E-state index in [1.165, 1.54) is 38.9 Å². The number of rotatable bonds is 1. The quantitative estimate of drug-likeness (QED) is 0.688. The molecular formula is C12H24N2. The average molecular weight is 196 g/mol. The molecule has 0 aliphatic carbocycles. The van der Waals surface area contributed by atoms with Gasteiger partial charge in [0.1, 0.15) is 0 Å². The van der Waals surface area contributed by atoms with Crippen molar-refractivity contribution in [3.05, 3.63) is 0 Å². The van der Waals surface area contributed by atoms with Gasteiger partial charge in [0.15, 0.2) is 0 Å². The molecule has 2 heterocycles. The summed E-state index contributed by atoms with van der Waals surface area (Å²) >= 11 is 0. The van der Waals surface area contributed by atoms with E-state index < -0.39 is 0 Å². The second-order valence-corrected chi connectivity index (χ2v) is 5.42. The van der Waals surface area contributed by atoms with Crippen molar-refractivity contribution in [2.45, 2.75) is 52.1 Å². The second-order valence-electron chi connectivity index (χ2n) is 5.42. The predicted octanol–water partition coefficient (Wildman–Crippen LogP) is 1.86. The van der Waals surface area contributed by atoms with Crippen molar-refractivity contribution in [3.8, 4) is 0 Å². The molecular weight excluding hydrogens is 172 g/mol. The summed E-state index contributed by atoms with van der Waals surface area (Å²) in [5, 5.41) is 3.61. The number of hydrogen-bond acceptors (Lipinski definition) is 2. The van der Waals surface area contributed by atoms with Crippen LogP contribution in [-0.4, -0.2) is 36.6 Å². The topological polar surface area (TPSA) is 15.3 Å². The highest BCUT2D eigenvalue weighted by Gasteiger charge is 2.42. The highest BCUT2D eigenvalue weighted by atomic mass is 15.2. The van der Waals surface area contributed by atoms with Crippen molar-refractivity contribution in [2.75, 3.05) is 19.6 Å². The van der Waals surface area contributed by atoms with Crippen molar-refractivity contribution in [1.82, 2.24) is 10.2 Å². The van der Waals surface area contributed by atoms with Gasteiger partial charge in [-0.2, -0.15) is 0 Å². The molecule has 2 rings (SSSR count). The van der Waals surface area contributed by atoms with Crippen LogP contribution in [0.15, 0.2) is 0 Å². The van der Waals surface area contributed by atoms with Crippen LogP contribution in [0.4, 0.5) is 0 Å². The Balaban J connectivity index is 1.94. The standard InChI is InChI=1S/C12H24N2/c1-10(2)14-8-5-12(6-9-14)4-7-13-11(12)3/h10-11,13H,4-9H2,1-3H3/t11-/m1/s1. The first kappa shape index (κ1) is 10.4. The van der Waals surface area contributed by atoms with Gasteiger partial charge in [-0.3, -0.25) is 0 Å². The van der Waals surface area contributed by atoms with Gasteiger partial charge in [-0.1, -0.05) is 0 Å². The van der Waals surface area contributed by atoms with Gasteiger partial charge in [0.2, 0.25) is 0 Å². The third kappa shape index (κ3) is 1.70. The van der Waals surface area contributed by atoms with E-state index in [9.17, 15) is 0 Å². The van der Waals surface area contributed by atoms with Crippen molar-refractivity contribution in [3.63, 3.8) is 0 Å². The van der Waals surface area contributed by atoms with Crippen LogP contribution in [0.5, 0.6) is 0 Å². The zero-order valence-corrected chi connectivity index (χ0v) is 9.84. The number of likely N-dealkylation sites (tertiary alicyclic amines) is 1. The molecule has 0 aromatic carbocycles. The van der Waals surface area contributed by atoms with Crippen LogP contribution >= 0.6 is 0 Å². The van der Waals surface area contributed by atoms with Gasteiger partial charge in [0, 0.05) is 12.1 Å². The largest absolute Gasteiger partial charge is 0.314 e. The second kappa shape index (κ2) is 3.82. The van der Waals surface area contributed by atoms with Crippen LogP contribution in [0.3, 0.4) is 0 Å². The molecule has 2 aliphatic heterocycles. The van der Waals surface area contributed by atoms with Crippen molar-refractivity contribution in [1.29, 1.82) is 0 Å². The average Bonchev–Trinajstić information content (AvgIpc) is 2.49. The van der Waals surface area contributed by atoms with Crippen LogP contribution in [0.2, 0.25) is 0 Å². The Kier molecular flexibility index (Phi) is 2.85. The summed E-state index contributed by atoms with van der Waals surface area (Å²) in [7, 11) is 0. The zero-order chi connectivity index (χ0) is 10.2. The molecule has 1 N–H and O–H groups in total. The fourth-order valence-electron chi connectivity index (χ4n) is 3.14. The Morgan fingerprint density at radius 2 is 1.86 bits per heavy atom. The van der Waals surface area contributed by atoms with Crippen LogP contribution in [0.25, 0.3) is 0 Å². The maximum absolute atomic E-state index is 3.61. The van der Waals surface area contributed by atoms with Crippen LogP contribution < -0.4 is 5.32 Å². The first-order valence-corrected chi connectivity index (χ1v) is 6.11. The molecule has 0 radical (unpaired) electrons. The maximum Gasteiger partial charge on any atom is 0.00966 e. The Hall–Kier alpha value is -0.0800. The molecule has 2 saturated heterocycles. The molecule has 0 bridgehead atoms. The molecule has 2 heteroatoms. The van der Waals surface area contributed by atoms with E-state index in [0.29, 0.717) is 5.41 Å². The normalized spacial score (nSPS) is 33.0. The molecule has 0 amide bonds. The summed E-state index contributed by atoms with van der Waals surface area (Å²) in [6, 6.07) is 1.48. The van der Waals surface area contributed by atoms with Gasteiger partial charge in [-0.15, -0.1) is 0 Å². The molecule has 82 valence electrons. The van der Waals surface area contributed by atoms with Crippen molar-refractivity contribution >= 4 is 0 Å². The van der Waals surface area contributed by atoms with Crippen LogP contribution in [0, 0.1) is 5.41 Å². The molecule has 0 aromatic heterocycles. The van der Waals surface area contributed by atoms with Gasteiger partial charge in [0.25, 0.3) is 0 Å². The Morgan fingerprint density at radius 3 is 2.29 bits per heavy atom. The van der Waals surface area contributed by atoms with Gasteiger partial charge in [-0.05, 0) is 65.1 Å². The highest BCUT2D eigenvalue weighted by molar-refractivity contribution is 4.98. The van der Waals surface area contributed by atoms with Crippen LogP contribution in [0.1, 0.15) is 40.0 Å². The molecule has 2 nitrogen and oxygen atoms in total. The summed E-state index contributed by atoms with van der Waals surface area (Å²) in [6.45, 7) is 10.9. The monoisotopic (exact) mass is 196 g/mol. The lowest BCUT2D eigenvalue weighted by Crippen LogP contribution is -2.47. The SMILES string of the molecule is CC(C)N1CCC2(CCN[C@@H]2C)CC1. The lowest BCUT2D eigenvalue weighted by atomic mass is 9.73. The smallest absolute Gasteiger partial charge is 0.00966 e. The van der Waals surface area contributed by atoms with E-state index >= 15 is 0 Å². The molecule has 2 fully saturated rings. The number of nitrogens with one attached hydrogen (secondary N) is 1. The molecule has 0 aromatic rings. The Labute approximate surface area is 88.1 Å². The minimum atomic E-state index is 0.644. The van der Waals surface area contributed by atoms with E-state index in [0.717, 1.165) is 12.1 Å². The fourth-order valence-corrected chi connectivity index (χ4v) is 3.14. The Bertz CT molecular complexity index is 192. The predicted molar refractivity (Wildman–Crippen MR) is 60.5 cm³/mol. The van der Waals surface area contributed by atoms with Gasteiger partial charge in [-0.25, -0.2) is 0 Å². The molecule has 0 unspecified atom stereocenters. The molecule has 1 spiro atoms. The maximum atomic E-state index is 3.61. The minimum absolute atomic E-state index is 0.644. The first-order chi connectivity index (χ1) is 6.64. The summed E-state index contributed by atoms with van der Waals surface area (Å²) in [6.07, 6.45) is 4.21. The fraction of sp³-hybridized carbons (Fsp3) is 1.00. The lowest BCUT2D eigenvalue weighted by Gasteiger charge is -2.43. The molecule has 14 heavy (non-hydrogen) atoms. The minimum Gasteiger partial charge on any atom is -0.314 e. The van der Waals surface area contributed by atoms with Crippen LogP contribution in [-0.2, 0) is 0 Å².